The van der Waals surface area contributed by atoms with Crippen molar-refractivity contribution in [1.82, 2.24) is 15.2 Å². The molecule has 0 amide bonds. The number of nitrogens with zero attached hydrogens (tertiary/aromatic N) is 3. The Morgan fingerprint density at radius 2 is 2.05 bits per heavy atom. The van der Waals surface area contributed by atoms with Gasteiger partial charge in [-0.1, -0.05) is 30.4 Å². The maximum atomic E-state index is 5.71. The van der Waals surface area contributed by atoms with E-state index in [1.165, 1.54) is 32.1 Å². The van der Waals surface area contributed by atoms with Crippen LogP contribution in [0.15, 0.2) is 22.7 Å². The summed E-state index contributed by atoms with van der Waals surface area (Å²) in [5.74, 6) is 1.23. The smallest absolute Gasteiger partial charge is 0.315 e. The molecule has 1 fully saturated rings. The van der Waals surface area contributed by atoms with Crippen LogP contribution in [0.1, 0.15) is 55.2 Å². The van der Waals surface area contributed by atoms with Crippen LogP contribution >= 0.6 is 0 Å². The molecule has 106 valence electrons. The van der Waals surface area contributed by atoms with Crippen LogP contribution in [0, 0.1) is 6.92 Å². The quantitative estimate of drug-likeness (QED) is 0.923. The van der Waals surface area contributed by atoms with Gasteiger partial charge in [-0.05, 0) is 31.4 Å². The zero-order valence-electron chi connectivity index (χ0n) is 11.8. The Morgan fingerprint density at radius 3 is 2.80 bits per heavy atom. The molecule has 0 spiro atoms. The number of hydrogen-bond acceptors (Lipinski definition) is 5. The van der Waals surface area contributed by atoms with Crippen LogP contribution in [0.5, 0.6) is 0 Å². The number of pyridine rings is 1. The molecule has 0 aromatic carbocycles. The summed E-state index contributed by atoms with van der Waals surface area (Å²) in [4.78, 5) is 4.34. The summed E-state index contributed by atoms with van der Waals surface area (Å²) in [5.41, 5.74) is 2.12. The van der Waals surface area contributed by atoms with Gasteiger partial charge in [-0.3, -0.25) is 4.98 Å². The second kappa shape index (κ2) is 6.03. The van der Waals surface area contributed by atoms with E-state index in [1.807, 2.05) is 25.3 Å². The van der Waals surface area contributed by atoms with Crippen molar-refractivity contribution in [3.63, 3.8) is 0 Å². The van der Waals surface area contributed by atoms with Crippen molar-refractivity contribution in [3.8, 4) is 0 Å². The molecule has 1 N–H and O–H groups in total. The van der Waals surface area contributed by atoms with Gasteiger partial charge < -0.3 is 9.73 Å². The standard InChI is InChI=1S/C15H20N4O/c1-11-7-8-13(16-9-11)10-17-15-19-18-14(20-15)12-5-3-2-4-6-12/h7-9,12H,2-6,10H2,1H3,(H,17,19). The summed E-state index contributed by atoms with van der Waals surface area (Å²) >= 11 is 0. The first-order chi connectivity index (χ1) is 9.81. The molecule has 5 heteroatoms. The molecule has 0 radical (unpaired) electrons. The minimum Gasteiger partial charge on any atom is -0.408 e. The third-order valence-corrected chi connectivity index (χ3v) is 3.79. The lowest BCUT2D eigenvalue weighted by Crippen LogP contribution is -2.04. The zero-order valence-corrected chi connectivity index (χ0v) is 11.8. The molecule has 20 heavy (non-hydrogen) atoms. The summed E-state index contributed by atoms with van der Waals surface area (Å²) in [6.45, 7) is 2.63. The van der Waals surface area contributed by atoms with Crippen LogP contribution in [0.25, 0.3) is 0 Å². The highest BCUT2D eigenvalue weighted by atomic mass is 16.4. The summed E-state index contributed by atoms with van der Waals surface area (Å²) < 4.78 is 5.71. The largest absolute Gasteiger partial charge is 0.408 e. The molecule has 2 aromatic heterocycles. The van der Waals surface area contributed by atoms with Crippen molar-refractivity contribution in [2.24, 2.45) is 0 Å². The molecule has 1 aliphatic rings. The first-order valence-corrected chi connectivity index (χ1v) is 7.30. The molecule has 3 rings (SSSR count). The summed E-state index contributed by atoms with van der Waals surface area (Å²) in [5, 5.41) is 11.4. The summed E-state index contributed by atoms with van der Waals surface area (Å²) in [7, 11) is 0. The van der Waals surface area contributed by atoms with E-state index in [1.54, 1.807) is 0 Å². The second-order valence-electron chi connectivity index (χ2n) is 5.46. The van der Waals surface area contributed by atoms with Crippen LogP contribution in [-0.4, -0.2) is 15.2 Å². The van der Waals surface area contributed by atoms with Gasteiger partial charge >= 0.3 is 6.01 Å². The van der Waals surface area contributed by atoms with Crippen molar-refractivity contribution >= 4 is 6.01 Å². The van der Waals surface area contributed by atoms with E-state index >= 15 is 0 Å². The van der Waals surface area contributed by atoms with Gasteiger partial charge in [0, 0.05) is 12.1 Å². The van der Waals surface area contributed by atoms with Gasteiger partial charge in [0.25, 0.3) is 0 Å². The third kappa shape index (κ3) is 3.15. The number of aryl methyl sites for hydroxylation is 1. The fourth-order valence-corrected chi connectivity index (χ4v) is 2.59. The van der Waals surface area contributed by atoms with Gasteiger partial charge in [0.15, 0.2) is 0 Å². The molecule has 0 unspecified atom stereocenters. The molecule has 2 aromatic rings. The number of anilines is 1. The normalized spacial score (nSPS) is 16.2. The molecule has 1 aliphatic carbocycles. The van der Waals surface area contributed by atoms with Gasteiger partial charge in [0.1, 0.15) is 0 Å². The lowest BCUT2D eigenvalue weighted by atomic mass is 9.89. The fraction of sp³-hybridized carbons (Fsp3) is 0.533. The first-order valence-electron chi connectivity index (χ1n) is 7.30. The molecule has 5 nitrogen and oxygen atoms in total. The monoisotopic (exact) mass is 272 g/mol. The van der Waals surface area contributed by atoms with E-state index in [0.29, 0.717) is 18.5 Å². The van der Waals surface area contributed by atoms with Crippen LogP contribution < -0.4 is 5.32 Å². The number of rotatable bonds is 4. The Kier molecular flexibility index (Phi) is 3.95. The number of nitrogens with one attached hydrogen (secondary N) is 1. The van der Waals surface area contributed by atoms with Crippen LogP contribution in [0.2, 0.25) is 0 Å². The van der Waals surface area contributed by atoms with Gasteiger partial charge in [-0.25, -0.2) is 0 Å². The van der Waals surface area contributed by atoms with Crippen molar-refractivity contribution in [2.75, 3.05) is 5.32 Å². The third-order valence-electron chi connectivity index (χ3n) is 3.79. The average molecular weight is 272 g/mol. The van der Waals surface area contributed by atoms with Crippen molar-refractivity contribution < 1.29 is 4.42 Å². The lowest BCUT2D eigenvalue weighted by molar-refractivity contribution is 0.367. The SMILES string of the molecule is Cc1ccc(CNc2nnc(C3CCCCC3)o2)nc1. The minimum absolute atomic E-state index is 0.448. The van der Waals surface area contributed by atoms with Gasteiger partial charge in [-0.15, -0.1) is 5.10 Å². The van der Waals surface area contributed by atoms with Crippen LogP contribution in [0.3, 0.4) is 0 Å². The Morgan fingerprint density at radius 1 is 1.20 bits per heavy atom. The highest BCUT2D eigenvalue weighted by Gasteiger charge is 2.21. The zero-order chi connectivity index (χ0) is 13.8. The molecule has 0 atom stereocenters. The fourth-order valence-electron chi connectivity index (χ4n) is 2.59. The van der Waals surface area contributed by atoms with Crippen molar-refractivity contribution in [3.05, 3.63) is 35.5 Å². The van der Waals surface area contributed by atoms with E-state index < -0.39 is 0 Å². The predicted molar refractivity (Wildman–Crippen MR) is 76.4 cm³/mol. The maximum Gasteiger partial charge on any atom is 0.315 e. The van der Waals surface area contributed by atoms with Gasteiger partial charge in [0.2, 0.25) is 5.89 Å². The number of aromatic nitrogens is 3. The molecule has 2 heterocycles. The Hall–Kier alpha value is -1.91. The van der Waals surface area contributed by atoms with Gasteiger partial charge in [0.05, 0.1) is 12.2 Å². The average Bonchev–Trinajstić information content (AvgIpc) is 2.97. The Labute approximate surface area is 118 Å². The molecular weight excluding hydrogens is 252 g/mol. The van der Waals surface area contributed by atoms with E-state index in [2.05, 4.69) is 20.5 Å². The predicted octanol–water partition coefficient (Wildman–Crippen LogP) is 3.43. The molecule has 0 aliphatic heterocycles. The highest BCUT2D eigenvalue weighted by Crippen LogP contribution is 2.32. The lowest BCUT2D eigenvalue weighted by Gasteiger charge is -2.17. The molecule has 0 bridgehead atoms. The van der Waals surface area contributed by atoms with Crippen LogP contribution in [-0.2, 0) is 6.54 Å². The van der Waals surface area contributed by atoms with E-state index in [4.69, 9.17) is 4.42 Å². The van der Waals surface area contributed by atoms with E-state index in [0.717, 1.165) is 17.1 Å². The first kappa shape index (κ1) is 13.1. The topological polar surface area (TPSA) is 63.8 Å². The minimum atomic E-state index is 0.448. The molecule has 1 saturated carbocycles. The summed E-state index contributed by atoms with van der Waals surface area (Å²) in [6.07, 6.45) is 8.06. The van der Waals surface area contributed by atoms with Crippen LogP contribution in [0.4, 0.5) is 6.01 Å². The molecular formula is C15H20N4O. The summed E-state index contributed by atoms with van der Waals surface area (Å²) in [6, 6.07) is 4.54. The number of hydrogen-bond donors (Lipinski definition) is 1. The Bertz CT molecular complexity index is 543. The van der Waals surface area contributed by atoms with E-state index in [9.17, 15) is 0 Å². The van der Waals surface area contributed by atoms with E-state index in [-0.39, 0.29) is 0 Å². The maximum absolute atomic E-state index is 5.71. The van der Waals surface area contributed by atoms with Crippen molar-refractivity contribution in [2.45, 2.75) is 51.5 Å². The highest BCUT2D eigenvalue weighted by molar-refractivity contribution is 5.21. The Balaban J connectivity index is 1.58. The van der Waals surface area contributed by atoms with Crippen molar-refractivity contribution in [1.29, 1.82) is 0 Å². The second-order valence-corrected chi connectivity index (χ2v) is 5.46. The molecule has 0 saturated heterocycles. The van der Waals surface area contributed by atoms with Gasteiger partial charge in [-0.2, -0.15) is 0 Å².